The Morgan fingerprint density at radius 3 is 2.46 bits per heavy atom. The first-order valence-electron chi connectivity index (χ1n) is 8.83. The first-order valence-corrected chi connectivity index (χ1v) is 9.21. The molecular formula is C23H14ClN3O. The number of halogens is 1. The fourth-order valence-electron chi connectivity index (χ4n) is 3.52. The maximum atomic E-state index is 13.6. The zero-order valence-corrected chi connectivity index (χ0v) is 15.5. The standard InChI is InChI=1S/C23H14ClN3O/c24-17-10-9-16-13-21(27(20(16)14-17)23-25-11-4-12-26-23)22(28)19-8-3-6-15-5-1-2-7-18(15)19/h1-14H. The van der Waals surface area contributed by atoms with Crippen LogP contribution in [-0.2, 0) is 0 Å². The summed E-state index contributed by atoms with van der Waals surface area (Å²) in [6.07, 6.45) is 3.32. The van der Waals surface area contributed by atoms with E-state index >= 15 is 0 Å². The van der Waals surface area contributed by atoms with Gasteiger partial charge in [-0.2, -0.15) is 0 Å². The minimum Gasteiger partial charge on any atom is -0.287 e. The maximum absolute atomic E-state index is 13.6. The molecule has 0 saturated carbocycles. The second-order valence-corrected chi connectivity index (χ2v) is 6.91. The number of hydrogen-bond acceptors (Lipinski definition) is 3. The Kier molecular flexibility index (Phi) is 3.92. The molecule has 0 amide bonds. The van der Waals surface area contributed by atoms with E-state index in [0.29, 0.717) is 22.2 Å². The first-order chi connectivity index (χ1) is 13.7. The SMILES string of the molecule is O=C(c1cccc2ccccc12)c1cc2ccc(Cl)cc2n1-c1ncccn1. The van der Waals surface area contributed by atoms with E-state index in [1.165, 1.54) is 0 Å². The van der Waals surface area contributed by atoms with Crippen molar-refractivity contribution in [2.45, 2.75) is 0 Å². The zero-order chi connectivity index (χ0) is 19.1. The van der Waals surface area contributed by atoms with Crippen molar-refractivity contribution in [1.82, 2.24) is 14.5 Å². The van der Waals surface area contributed by atoms with Gasteiger partial charge in [-0.1, -0.05) is 60.1 Å². The van der Waals surface area contributed by atoms with Crippen LogP contribution in [0.5, 0.6) is 0 Å². The van der Waals surface area contributed by atoms with Crippen LogP contribution >= 0.6 is 11.6 Å². The molecule has 0 N–H and O–H groups in total. The number of benzene rings is 3. The number of rotatable bonds is 3. The smallest absolute Gasteiger partial charge is 0.234 e. The lowest BCUT2D eigenvalue weighted by atomic mass is 10.00. The molecule has 134 valence electrons. The topological polar surface area (TPSA) is 47.8 Å². The van der Waals surface area contributed by atoms with Gasteiger partial charge in [-0.15, -0.1) is 0 Å². The summed E-state index contributed by atoms with van der Waals surface area (Å²) >= 11 is 6.22. The number of fused-ring (bicyclic) bond motifs is 2. The largest absolute Gasteiger partial charge is 0.287 e. The van der Waals surface area contributed by atoms with Crippen molar-refractivity contribution in [2.75, 3.05) is 0 Å². The van der Waals surface area contributed by atoms with Gasteiger partial charge in [0.1, 0.15) is 0 Å². The molecule has 0 aliphatic heterocycles. The number of aromatic nitrogens is 3. The van der Waals surface area contributed by atoms with Crippen LogP contribution in [0.25, 0.3) is 27.6 Å². The van der Waals surface area contributed by atoms with E-state index < -0.39 is 0 Å². The highest BCUT2D eigenvalue weighted by Gasteiger charge is 2.21. The summed E-state index contributed by atoms with van der Waals surface area (Å²) in [5.41, 5.74) is 1.94. The first kappa shape index (κ1) is 16.7. The molecule has 0 radical (unpaired) electrons. The van der Waals surface area contributed by atoms with E-state index in [1.807, 2.05) is 66.7 Å². The van der Waals surface area contributed by atoms with E-state index in [-0.39, 0.29) is 5.78 Å². The molecule has 2 heterocycles. The molecule has 5 heteroatoms. The third-order valence-corrected chi connectivity index (χ3v) is 5.02. The Labute approximate surface area is 166 Å². The van der Waals surface area contributed by atoms with Gasteiger partial charge in [0.25, 0.3) is 0 Å². The van der Waals surface area contributed by atoms with E-state index in [0.717, 1.165) is 21.7 Å². The van der Waals surface area contributed by atoms with Crippen LogP contribution in [0, 0.1) is 0 Å². The van der Waals surface area contributed by atoms with Crippen molar-refractivity contribution >= 4 is 39.1 Å². The van der Waals surface area contributed by atoms with E-state index in [4.69, 9.17) is 11.6 Å². The van der Waals surface area contributed by atoms with Crippen molar-refractivity contribution in [2.24, 2.45) is 0 Å². The van der Waals surface area contributed by atoms with Gasteiger partial charge in [0, 0.05) is 28.4 Å². The molecule has 5 aromatic rings. The second kappa shape index (κ2) is 6.59. The van der Waals surface area contributed by atoms with Gasteiger partial charge < -0.3 is 0 Å². The van der Waals surface area contributed by atoms with Gasteiger partial charge in [0.15, 0.2) is 0 Å². The summed E-state index contributed by atoms with van der Waals surface area (Å²) in [7, 11) is 0. The average molecular weight is 384 g/mol. The number of carbonyl (C=O) groups is 1. The summed E-state index contributed by atoms with van der Waals surface area (Å²) in [6, 6.07) is 22.8. The number of hydrogen-bond donors (Lipinski definition) is 0. The predicted molar refractivity (Wildman–Crippen MR) is 111 cm³/mol. The van der Waals surface area contributed by atoms with E-state index in [9.17, 15) is 4.79 Å². The lowest BCUT2D eigenvalue weighted by Crippen LogP contribution is -2.11. The van der Waals surface area contributed by atoms with Crippen molar-refractivity contribution in [1.29, 1.82) is 0 Å². The molecular weight excluding hydrogens is 370 g/mol. The minimum atomic E-state index is -0.0865. The highest BCUT2D eigenvalue weighted by Crippen LogP contribution is 2.29. The van der Waals surface area contributed by atoms with Crippen LogP contribution in [0.3, 0.4) is 0 Å². The average Bonchev–Trinajstić information content (AvgIpc) is 3.12. The normalized spacial score (nSPS) is 11.2. The van der Waals surface area contributed by atoms with Crippen LogP contribution < -0.4 is 0 Å². The Hall–Kier alpha value is -3.50. The van der Waals surface area contributed by atoms with Crippen LogP contribution in [0.2, 0.25) is 5.02 Å². The molecule has 4 nitrogen and oxygen atoms in total. The van der Waals surface area contributed by atoms with E-state index in [2.05, 4.69) is 9.97 Å². The van der Waals surface area contributed by atoms with Gasteiger partial charge in [0.2, 0.25) is 11.7 Å². The monoisotopic (exact) mass is 383 g/mol. The lowest BCUT2D eigenvalue weighted by Gasteiger charge is -2.10. The molecule has 0 bridgehead atoms. The fourth-order valence-corrected chi connectivity index (χ4v) is 3.69. The van der Waals surface area contributed by atoms with Crippen molar-refractivity contribution in [3.8, 4) is 5.95 Å². The maximum Gasteiger partial charge on any atom is 0.234 e. The van der Waals surface area contributed by atoms with Crippen LogP contribution in [0.1, 0.15) is 16.1 Å². The van der Waals surface area contributed by atoms with Gasteiger partial charge in [-0.3, -0.25) is 9.36 Å². The predicted octanol–water partition coefficient (Wildman–Crippen LogP) is 5.46. The summed E-state index contributed by atoms with van der Waals surface area (Å²) in [6.45, 7) is 0. The molecule has 28 heavy (non-hydrogen) atoms. The quantitative estimate of drug-likeness (QED) is 0.389. The third-order valence-electron chi connectivity index (χ3n) is 4.79. The number of carbonyl (C=O) groups excluding carboxylic acids is 1. The number of ketones is 1. The minimum absolute atomic E-state index is 0.0865. The summed E-state index contributed by atoms with van der Waals surface area (Å²) in [4.78, 5) is 22.3. The molecule has 0 atom stereocenters. The van der Waals surface area contributed by atoms with Crippen molar-refractivity contribution in [3.05, 3.63) is 101 Å². The van der Waals surface area contributed by atoms with Crippen LogP contribution in [0.15, 0.2) is 85.2 Å². The molecule has 0 fully saturated rings. The van der Waals surface area contributed by atoms with Crippen LogP contribution in [-0.4, -0.2) is 20.3 Å². The summed E-state index contributed by atoms with van der Waals surface area (Å²) in [5.74, 6) is 0.347. The molecule has 0 spiro atoms. The Balaban J connectivity index is 1.80. The van der Waals surface area contributed by atoms with Crippen molar-refractivity contribution in [3.63, 3.8) is 0 Å². The lowest BCUT2D eigenvalue weighted by molar-refractivity contribution is 0.103. The molecule has 3 aromatic carbocycles. The van der Waals surface area contributed by atoms with Gasteiger partial charge in [-0.25, -0.2) is 9.97 Å². The molecule has 2 aromatic heterocycles. The molecule has 0 aliphatic carbocycles. The van der Waals surface area contributed by atoms with Gasteiger partial charge in [0.05, 0.1) is 11.2 Å². The second-order valence-electron chi connectivity index (χ2n) is 6.47. The number of nitrogens with zero attached hydrogens (tertiary/aromatic N) is 3. The summed E-state index contributed by atoms with van der Waals surface area (Å²) in [5, 5.41) is 3.43. The molecule has 0 aliphatic rings. The Bertz CT molecular complexity index is 1340. The van der Waals surface area contributed by atoms with Gasteiger partial charge in [-0.05, 0) is 35.0 Å². The van der Waals surface area contributed by atoms with Crippen LogP contribution in [0.4, 0.5) is 0 Å². The molecule has 0 saturated heterocycles. The highest BCUT2D eigenvalue weighted by molar-refractivity contribution is 6.31. The van der Waals surface area contributed by atoms with E-state index in [1.54, 1.807) is 23.0 Å². The van der Waals surface area contributed by atoms with Gasteiger partial charge >= 0.3 is 0 Å². The molecule has 5 rings (SSSR count). The van der Waals surface area contributed by atoms with Crippen molar-refractivity contribution < 1.29 is 4.79 Å². The summed E-state index contributed by atoms with van der Waals surface area (Å²) < 4.78 is 1.77. The third kappa shape index (κ3) is 2.66. The Morgan fingerprint density at radius 1 is 0.821 bits per heavy atom. The fraction of sp³-hybridized carbons (Fsp3) is 0. The highest BCUT2D eigenvalue weighted by atomic mass is 35.5. The molecule has 0 unspecified atom stereocenters. The zero-order valence-electron chi connectivity index (χ0n) is 14.7. The Morgan fingerprint density at radius 2 is 1.61 bits per heavy atom.